The molecule has 116 valence electrons. The maximum Gasteiger partial charge on any atom is 0.245 e. The third kappa shape index (κ3) is 4.62. The average Bonchev–Trinajstić information content (AvgIpc) is 3.03. The first-order chi connectivity index (χ1) is 9.88. The zero-order valence-electron chi connectivity index (χ0n) is 11.6. The number of rotatable bonds is 7. The highest BCUT2D eigenvalue weighted by Gasteiger charge is 2.22. The lowest BCUT2D eigenvalue weighted by Gasteiger charge is -2.04. The molecule has 0 aromatic carbocycles. The van der Waals surface area contributed by atoms with E-state index in [9.17, 15) is 8.42 Å². The highest BCUT2D eigenvalue weighted by molar-refractivity contribution is 9.10. The summed E-state index contributed by atoms with van der Waals surface area (Å²) in [5.74, 6) is 0.560. The molecule has 0 bridgehead atoms. The molecule has 0 spiro atoms. The van der Waals surface area contributed by atoms with Gasteiger partial charge >= 0.3 is 0 Å². The van der Waals surface area contributed by atoms with Gasteiger partial charge in [0.15, 0.2) is 4.67 Å². The van der Waals surface area contributed by atoms with Crippen molar-refractivity contribution in [1.82, 2.24) is 15.0 Å². The van der Waals surface area contributed by atoms with Crippen molar-refractivity contribution in [3.8, 4) is 0 Å². The van der Waals surface area contributed by atoms with Gasteiger partial charge in [-0.25, -0.2) is 18.1 Å². The highest BCUT2D eigenvalue weighted by atomic mass is 79.9. The molecule has 2 heterocycles. The van der Waals surface area contributed by atoms with Crippen molar-refractivity contribution in [1.29, 1.82) is 0 Å². The zero-order chi connectivity index (χ0) is 15.5. The van der Waals surface area contributed by atoms with Crippen molar-refractivity contribution in [2.45, 2.75) is 37.9 Å². The molecule has 0 atom stereocenters. The van der Waals surface area contributed by atoms with Crippen molar-refractivity contribution in [2.75, 3.05) is 0 Å². The van der Waals surface area contributed by atoms with Crippen LogP contribution in [0.5, 0.6) is 0 Å². The van der Waals surface area contributed by atoms with Crippen LogP contribution in [-0.4, -0.2) is 19.4 Å². The molecule has 0 aliphatic carbocycles. The monoisotopic (exact) mass is 393 g/mol. The second-order valence-electron chi connectivity index (χ2n) is 4.69. The van der Waals surface area contributed by atoms with E-state index in [1.807, 2.05) is 13.8 Å². The van der Waals surface area contributed by atoms with Gasteiger partial charge in [-0.15, -0.1) is 11.3 Å². The molecular weight excluding hydrogens is 378 g/mol. The topological polar surface area (TPSA) is 84.2 Å². The molecule has 2 rings (SSSR count). The Kier molecular flexibility index (Phi) is 5.55. The molecule has 0 amide bonds. The Morgan fingerprint density at radius 3 is 2.81 bits per heavy atom. The summed E-state index contributed by atoms with van der Waals surface area (Å²) in [5.41, 5.74) is 2.34. The molecule has 0 aliphatic heterocycles. The number of hydrogen-bond donors (Lipinski definition) is 2. The minimum atomic E-state index is -3.64. The zero-order valence-corrected chi connectivity index (χ0v) is 14.8. The Morgan fingerprint density at radius 1 is 1.43 bits per heavy atom. The molecule has 0 aliphatic rings. The van der Waals surface area contributed by atoms with E-state index in [1.165, 1.54) is 17.4 Å². The Hall–Kier alpha value is -0.740. The van der Waals surface area contributed by atoms with Gasteiger partial charge in [0.2, 0.25) is 10.0 Å². The van der Waals surface area contributed by atoms with Crippen molar-refractivity contribution in [3.05, 3.63) is 33.1 Å². The smallest absolute Gasteiger partial charge is 0.245 e. The quantitative estimate of drug-likeness (QED) is 0.754. The minimum Gasteiger partial charge on any atom is -0.452 e. The standard InChI is InChI=1S/C12H16BrN3O3S2/c1-8(2)14-5-10-3-11(12(13)19-10)21(17,18)16-4-9-6-20-7-15-9/h3,6-8,14,16H,4-5H2,1-2H3. The van der Waals surface area contributed by atoms with Crippen LogP contribution in [0.1, 0.15) is 25.3 Å². The number of sulfonamides is 1. The summed E-state index contributed by atoms with van der Waals surface area (Å²) in [6, 6.07) is 1.81. The second-order valence-corrected chi connectivity index (χ2v) is 7.86. The number of halogens is 1. The summed E-state index contributed by atoms with van der Waals surface area (Å²) < 4.78 is 32.6. The summed E-state index contributed by atoms with van der Waals surface area (Å²) in [6.07, 6.45) is 0. The number of aromatic nitrogens is 1. The Morgan fingerprint density at radius 2 is 2.19 bits per heavy atom. The predicted octanol–water partition coefficient (Wildman–Crippen LogP) is 2.48. The van der Waals surface area contributed by atoms with Crippen molar-refractivity contribution < 1.29 is 12.8 Å². The number of nitrogens with one attached hydrogen (secondary N) is 2. The normalized spacial score (nSPS) is 12.2. The minimum absolute atomic E-state index is 0.0956. The summed E-state index contributed by atoms with van der Waals surface area (Å²) in [5, 5.41) is 4.97. The number of nitrogens with zero attached hydrogens (tertiary/aromatic N) is 1. The third-order valence-corrected chi connectivity index (χ3v) is 5.50. The van der Waals surface area contributed by atoms with Gasteiger partial charge in [0.1, 0.15) is 10.7 Å². The van der Waals surface area contributed by atoms with Crippen molar-refractivity contribution in [3.63, 3.8) is 0 Å². The predicted molar refractivity (Wildman–Crippen MR) is 84.5 cm³/mol. The molecule has 21 heavy (non-hydrogen) atoms. The van der Waals surface area contributed by atoms with Gasteiger partial charge in [-0.05, 0) is 15.9 Å². The van der Waals surface area contributed by atoms with Crippen LogP contribution in [0.3, 0.4) is 0 Å². The highest BCUT2D eigenvalue weighted by Crippen LogP contribution is 2.26. The molecule has 2 aromatic rings. The van der Waals surface area contributed by atoms with Gasteiger partial charge in [0.05, 0.1) is 24.3 Å². The van der Waals surface area contributed by atoms with Crippen molar-refractivity contribution >= 4 is 37.3 Å². The van der Waals surface area contributed by atoms with Gasteiger partial charge < -0.3 is 9.73 Å². The molecule has 9 heteroatoms. The summed E-state index contributed by atoms with van der Waals surface area (Å²) in [7, 11) is -3.64. The molecule has 2 aromatic heterocycles. The molecule has 0 saturated heterocycles. The van der Waals surface area contributed by atoms with Crippen LogP contribution in [0.2, 0.25) is 0 Å². The maximum atomic E-state index is 12.3. The van der Waals surface area contributed by atoms with Crippen LogP contribution in [0, 0.1) is 0 Å². The van der Waals surface area contributed by atoms with E-state index < -0.39 is 10.0 Å². The van der Waals surface area contributed by atoms with E-state index in [-0.39, 0.29) is 22.2 Å². The SMILES string of the molecule is CC(C)NCc1cc(S(=O)(=O)NCc2cscn2)c(Br)o1. The van der Waals surface area contributed by atoms with Gasteiger partial charge in [0.25, 0.3) is 0 Å². The van der Waals surface area contributed by atoms with E-state index in [1.54, 1.807) is 10.9 Å². The molecule has 0 fully saturated rings. The molecule has 0 unspecified atom stereocenters. The summed E-state index contributed by atoms with van der Waals surface area (Å²) >= 11 is 4.57. The lowest BCUT2D eigenvalue weighted by molar-refractivity contribution is 0.447. The number of thiazole rings is 1. The first-order valence-corrected chi connectivity index (χ1v) is 9.48. The second kappa shape index (κ2) is 7.01. The number of furan rings is 1. The fourth-order valence-corrected chi connectivity index (χ4v) is 4.10. The van der Waals surface area contributed by atoms with E-state index in [2.05, 4.69) is 31.0 Å². The van der Waals surface area contributed by atoms with Crippen LogP contribution >= 0.6 is 27.3 Å². The average molecular weight is 394 g/mol. The molecule has 0 saturated carbocycles. The fraction of sp³-hybridized carbons (Fsp3) is 0.417. The Bertz CT molecular complexity index is 681. The lowest BCUT2D eigenvalue weighted by atomic mass is 10.3. The van der Waals surface area contributed by atoms with Gasteiger partial charge in [-0.2, -0.15) is 0 Å². The van der Waals surface area contributed by atoms with Crippen molar-refractivity contribution in [2.24, 2.45) is 0 Å². The molecule has 2 N–H and O–H groups in total. The lowest BCUT2D eigenvalue weighted by Crippen LogP contribution is -2.23. The van der Waals surface area contributed by atoms with Crippen LogP contribution in [-0.2, 0) is 23.1 Å². The Balaban J connectivity index is 2.08. The fourth-order valence-electron chi connectivity index (χ4n) is 1.54. The maximum absolute atomic E-state index is 12.3. The Labute approximate surface area is 136 Å². The molecule has 6 nitrogen and oxygen atoms in total. The summed E-state index contributed by atoms with van der Waals surface area (Å²) in [6.45, 7) is 4.64. The summed E-state index contributed by atoms with van der Waals surface area (Å²) in [4.78, 5) is 4.13. The first-order valence-electron chi connectivity index (χ1n) is 6.27. The van der Waals surface area contributed by atoms with E-state index in [0.29, 0.717) is 18.0 Å². The first kappa shape index (κ1) is 16.6. The van der Waals surface area contributed by atoms with Crippen LogP contribution in [0.15, 0.2) is 30.9 Å². The number of hydrogen-bond acceptors (Lipinski definition) is 6. The van der Waals surface area contributed by atoms with Crippen LogP contribution in [0.4, 0.5) is 0 Å². The van der Waals surface area contributed by atoms with Gasteiger partial charge in [-0.1, -0.05) is 13.8 Å². The van der Waals surface area contributed by atoms with E-state index in [0.717, 1.165) is 0 Å². The van der Waals surface area contributed by atoms with Gasteiger partial charge in [-0.3, -0.25) is 0 Å². The third-order valence-electron chi connectivity index (χ3n) is 2.61. The van der Waals surface area contributed by atoms with E-state index >= 15 is 0 Å². The molecule has 0 radical (unpaired) electrons. The molecular formula is C12H16BrN3O3S2. The van der Waals surface area contributed by atoms with Gasteiger partial charge in [0, 0.05) is 17.5 Å². The van der Waals surface area contributed by atoms with E-state index in [4.69, 9.17) is 4.42 Å². The van der Waals surface area contributed by atoms with Crippen LogP contribution < -0.4 is 10.0 Å². The largest absolute Gasteiger partial charge is 0.452 e. The van der Waals surface area contributed by atoms with Crippen LogP contribution in [0.25, 0.3) is 0 Å².